The Morgan fingerprint density at radius 2 is 2.12 bits per heavy atom. The van der Waals surface area contributed by atoms with Gasteiger partial charge in [-0.1, -0.05) is 6.92 Å². The number of nitrogens with one attached hydrogen (secondary N) is 1. The van der Waals surface area contributed by atoms with Gasteiger partial charge in [-0.05, 0) is 19.4 Å². The molecule has 1 aliphatic rings. The predicted octanol–water partition coefficient (Wildman–Crippen LogP) is -1.12. The highest BCUT2D eigenvalue weighted by Gasteiger charge is 2.27. The molecule has 0 aromatic heterocycles. The molecule has 1 saturated heterocycles. The van der Waals surface area contributed by atoms with Crippen molar-refractivity contribution < 1.29 is 13.2 Å². The van der Waals surface area contributed by atoms with Crippen molar-refractivity contribution in [3.63, 3.8) is 0 Å². The number of rotatable bonds is 3. The molecule has 0 aromatic rings. The molecular weight excluding hydrogens is 230 g/mol. The monoisotopic (exact) mass is 249 g/mol. The highest BCUT2D eigenvalue weighted by Crippen LogP contribution is 2.11. The molecule has 1 heterocycles. The number of carbonyl (C=O) groups is 1. The van der Waals surface area contributed by atoms with Gasteiger partial charge in [-0.3, -0.25) is 15.1 Å². The fourth-order valence-electron chi connectivity index (χ4n) is 1.98. The van der Waals surface area contributed by atoms with Gasteiger partial charge >= 0.3 is 0 Å². The standard InChI is InChI=1S/C9H19N3O3S/c1-2-8(9(13)11-10)12-4-3-6-16(14,15)7-5-12/h8H,2-7,10H2,1H3,(H,11,13). The average Bonchev–Trinajstić information content (AvgIpc) is 2.41. The lowest BCUT2D eigenvalue weighted by atomic mass is 10.1. The summed E-state index contributed by atoms with van der Waals surface area (Å²) in [6, 6.07) is -0.321. The second-order valence-electron chi connectivity index (χ2n) is 3.97. The first-order valence-electron chi connectivity index (χ1n) is 5.45. The maximum Gasteiger partial charge on any atom is 0.251 e. The van der Waals surface area contributed by atoms with Gasteiger partial charge in [0.2, 0.25) is 0 Å². The van der Waals surface area contributed by atoms with E-state index >= 15 is 0 Å². The van der Waals surface area contributed by atoms with Crippen LogP contribution in [0.2, 0.25) is 0 Å². The Kier molecular flexibility index (Phi) is 4.69. The molecule has 3 N–H and O–H groups in total. The number of sulfone groups is 1. The van der Waals surface area contributed by atoms with Crippen molar-refractivity contribution >= 4 is 15.7 Å². The summed E-state index contributed by atoms with van der Waals surface area (Å²) in [5.74, 6) is 5.19. The van der Waals surface area contributed by atoms with E-state index in [1.54, 1.807) is 0 Å². The summed E-state index contributed by atoms with van der Waals surface area (Å²) in [4.78, 5) is 13.4. The van der Waals surface area contributed by atoms with Gasteiger partial charge in [0, 0.05) is 6.54 Å². The van der Waals surface area contributed by atoms with Gasteiger partial charge in [0.05, 0.1) is 17.5 Å². The Hall–Kier alpha value is -0.660. The van der Waals surface area contributed by atoms with E-state index in [2.05, 4.69) is 5.43 Å². The van der Waals surface area contributed by atoms with Crippen molar-refractivity contribution in [1.82, 2.24) is 10.3 Å². The summed E-state index contributed by atoms with van der Waals surface area (Å²) >= 11 is 0. The Bertz CT molecular complexity index is 342. The van der Waals surface area contributed by atoms with Crippen molar-refractivity contribution in [1.29, 1.82) is 0 Å². The lowest BCUT2D eigenvalue weighted by Gasteiger charge is -2.27. The Labute approximate surface area is 96.1 Å². The molecule has 0 saturated carbocycles. The summed E-state index contributed by atoms with van der Waals surface area (Å²) in [6.45, 7) is 2.93. The molecule has 0 radical (unpaired) electrons. The van der Waals surface area contributed by atoms with Crippen LogP contribution in [0.1, 0.15) is 19.8 Å². The van der Waals surface area contributed by atoms with Crippen LogP contribution in [0.15, 0.2) is 0 Å². The molecule has 94 valence electrons. The first-order chi connectivity index (χ1) is 7.50. The minimum Gasteiger partial charge on any atom is -0.293 e. The zero-order chi connectivity index (χ0) is 12.2. The van der Waals surface area contributed by atoms with Gasteiger partial charge in [-0.2, -0.15) is 0 Å². The van der Waals surface area contributed by atoms with E-state index in [1.807, 2.05) is 11.8 Å². The molecule has 0 bridgehead atoms. The number of nitrogens with two attached hydrogens (primary N) is 1. The zero-order valence-corrected chi connectivity index (χ0v) is 10.3. The second kappa shape index (κ2) is 5.60. The van der Waals surface area contributed by atoms with Gasteiger partial charge in [0.1, 0.15) is 0 Å². The topological polar surface area (TPSA) is 92.5 Å². The number of hydrogen-bond donors (Lipinski definition) is 2. The van der Waals surface area contributed by atoms with Crippen LogP contribution < -0.4 is 11.3 Å². The van der Waals surface area contributed by atoms with Crippen molar-refractivity contribution in [2.75, 3.05) is 24.6 Å². The lowest BCUT2D eigenvalue weighted by Crippen LogP contribution is -2.49. The number of hydrogen-bond acceptors (Lipinski definition) is 5. The van der Waals surface area contributed by atoms with Crippen LogP contribution in [-0.4, -0.2) is 49.9 Å². The smallest absolute Gasteiger partial charge is 0.251 e. The molecule has 1 fully saturated rings. The number of nitrogens with zero attached hydrogens (tertiary/aromatic N) is 1. The van der Waals surface area contributed by atoms with Crippen molar-refractivity contribution in [3.8, 4) is 0 Å². The van der Waals surface area contributed by atoms with Crippen molar-refractivity contribution in [3.05, 3.63) is 0 Å². The van der Waals surface area contributed by atoms with E-state index in [1.165, 1.54) is 0 Å². The van der Waals surface area contributed by atoms with E-state index in [0.717, 1.165) is 0 Å². The molecule has 1 rings (SSSR count). The quantitative estimate of drug-likeness (QED) is 0.375. The van der Waals surface area contributed by atoms with Crippen LogP contribution in [0, 0.1) is 0 Å². The van der Waals surface area contributed by atoms with Crippen LogP contribution >= 0.6 is 0 Å². The van der Waals surface area contributed by atoms with Gasteiger partial charge in [0.15, 0.2) is 9.84 Å². The Balaban J connectivity index is 2.69. The molecule has 6 nitrogen and oxygen atoms in total. The molecule has 0 aromatic carbocycles. The van der Waals surface area contributed by atoms with Crippen LogP contribution in [0.5, 0.6) is 0 Å². The second-order valence-corrected chi connectivity index (χ2v) is 6.28. The van der Waals surface area contributed by atoms with Crippen molar-refractivity contribution in [2.24, 2.45) is 5.84 Å². The fraction of sp³-hybridized carbons (Fsp3) is 0.889. The molecule has 0 aliphatic carbocycles. The minimum absolute atomic E-state index is 0.126. The van der Waals surface area contributed by atoms with Gasteiger partial charge in [-0.25, -0.2) is 14.3 Å². The van der Waals surface area contributed by atoms with Crippen LogP contribution in [0.25, 0.3) is 0 Å². The third-order valence-corrected chi connectivity index (χ3v) is 4.58. The van der Waals surface area contributed by atoms with Crippen LogP contribution in [-0.2, 0) is 14.6 Å². The van der Waals surface area contributed by atoms with Crippen LogP contribution in [0.4, 0.5) is 0 Å². The fourth-order valence-corrected chi connectivity index (χ4v) is 3.26. The van der Waals surface area contributed by atoms with E-state index in [-0.39, 0.29) is 23.5 Å². The van der Waals surface area contributed by atoms with Gasteiger partial charge in [-0.15, -0.1) is 0 Å². The third kappa shape index (κ3) is 3.43. The van der Waals surface area contributed by atoms with Gasteiger partial charge in [0.25, 0.3) is 5.91 Å². The first kappa shape index (κ1) is 13.4. The maximum atomic E-state index is 11.5. The lowest BCUT2D eigenvalue weighted by molar-refractivity contribution is -0.126. The minimum atomic E-state index is -2.93. The number of carbonyl (C=O) groups excluding carboxylic acids is 1. The van der Waals surface area contributed by atoms with E-state index in [4.69, 9.17) is 5.84 Å². The molecule has 16 heavy (non-hydrogen) atoms. The summed E-state index contributed by atoms with van der Waals surface area (Å²) in [5.41, 5.74) is 2.12. The summed E-state index contributed by atoms with van der Waals surface area (Å²) in [7, 11) is -2.93. The number of hydrazine groups is 1. The Morgan fingerprint density at radius 3 is 2.69 bits per heavy atom. The first-order valence-corrected chi connectivity index (χ1v) is 7.27. The molecule has 0 spiro atoms. The maximum absolute atomic E-state index is 11.5. The average molecular weight is 249 g/mol. The molecule has 1 unspecified atom stereocenters. The largest absolute Gasteiger partial charge is 0.293 e. The van der Waals surface area contributed by atoms with E-state index < -0.39 is 9.84 Å². The summed E-state index contributed by atoms with van der Waals surface area (Å²) in [5, 5.41) is 0. The SMILES string of the molecule is CCC(C(=O)NN)N1CCCS(=O)(=O)CC1. The number of amides is 1. The zero-order valence-electron chi connectivity index (χ0n) is 9.48. The summed E-state index contributed by atoms with van der Waals surface area (Å²) < 4.78 is 22.8. The molecule has 1 amide bonds. The predicted molar refractivity (Wildman–Crippen MR) is 61.3 cm³/mol. The Morgan fingerprint density at radius 1 is 1.44 bits per heavy atom. The molecule has 7 heteroatoms. The third-order valence-electron chi connectivity index (χ3n) is 2.86. The van der Waals surface area contributed by atoms with E-state index in [9.17, 15) is 13.2 Å². The summed E-state index contributed by atoms with van der Waals surface area (Å²) in [6.07, 6.45) is 1.21. The van der Waals surface area contributed by atoms with Crippen molar-refractivity contribution in [2.45, 2.75) is 25.8 Å². The highest BCUT2D eigenvalue weighted by atomic mass is 32.2. The van der Waals surface area contributed by atoms with E-state index in [0.29, 0.717) is 25.9 Å². The normalized spacial score (nSPS) is 23.4. The molecule has 1 aliphatic heterocycles. The molecular formula is C9H19N3O3S. The highest BCUT2D eigenvalue weighted by molar-refractivity contribution is 7.91. The van der Waals surface area contributed by atoms with Crippen LogP contribution in [0.3, 0.4) is 0 Å². The van der Waals surface area contributed by atoms with Gasteiger partial charge < -0.3 is 0 Å². The molecule has 1 atom stereocenters.